The van der Waals surface area contributed by atoms with Gasteiger partial charge in [-0.15, -0.1) is 0 Å². The van der Waals surface area contributed by atoms with Crippen LogP contribution in [0.5, 0.6) is 11.5 Å². The van der Waals surface area contributed by atoms with Crippen molar-refractivity contribution in [2.75, 3.05) is 20.8 Å². The normalized spacial score (nSPS) is 9.29. The van der Waals surface area contributed by atoms with Gasteiger partial charge in [0.25, 0.3) is 0 Å². The minimum Gasteiger partial charge on any atom is -0.493 e. The SMILES string of the molecule is COC(=O)c1ccc(OCC#N)c(OC)c1C. The first-order valence-corrected chi connectivity index (χ1v) is 4.91. The lowest BCUT2D eigenvalue weighted by Gasteiger charge is -2.13. The molecule has 90 valence electrons. The summed E-state index contributed by atoms with van der Waals surface area (Å²) in [6, 6.07) is 5.02. The van der Waals surface area contributed by atoms with Gasteiger partial charge in [0.1, 0.15) is 6.07 Å². The molecule has 1 aromatic carbocycles. The summed E-state index contributed by atoms with van der Waals surface area (Å²) in [6.45, 7) is 1.65. The Morgan fingerprint density at radius 3 is 2.65 bits per heavy atom. The summed E-state index contributed by atoms with van der Waals surface area (Å²) in [5.74, 6) is 0.426. The van der Waals surface area contributed by atoms with Gasteiger partial charge in [-0.05, 0) is 19.1 Å². The van der Waals surface area contributed by atoms with Crippen LogP contribution in [-0.2, 0) is 4.74 Å². The zero-order valence-corrected chi connectivity index (χ0v) is 9.94. The molecule has 5 heteroatoms. The fraction of sp³-hybridized carbons (Fsp3) is 0.333. The Kier molecular flexibility index (Phi) is 4.35. The molecule has 1 rings (SSSR count). The van der Waals surface area contributed by atoms with E-state index in [2.05, 4.69) is 4.74 Å². The van der Waals surface area contributed by atoms with E-state index >= 15 is 0 Å². The second-order valence-corrected chi connectivity index (χ2v) is 3.21. The maximum Gasteiger partial charge on any atom is 0.338 e. The molecule has 0 aliphatic rings. The van der Waals surface area contributed by atoms with Crippen LogP contribution in [0.1, 0.15) is 15.9 Å². The third kappa shape index (κ3) is 2.67. The number of methoxy groups -OCH3 is 2. The first kappa shape index (κ1) is 12.8. The van der Waals surface area contributed by atoms with Crippen LogP contribution in [0.25, 0.3) is 0 Å². The summed E-state index contributed by atoms with van der Waals surface area (Å²) < 4.78 is 15.0. The van der Waals surface area contributed by atoms with E-state index in [0.29, 0.717) is 22.6 Å². The second kappa shape index (κ2) is 5.75. The molecule has 5 nitrogen and oxygen atoms in total. The van der Waals surface area contributed by atoms with Gasteiger partial charge in [0.15, 0.2) is 18.1 Å². The van der Waals surface area contributed by atoms with Gasteiger partial charge in [0.2, 0.25) is 0 Å². The number of nitrogens with zero attached hydrogens (tertiary/aromatic N) is 1. The Hall–Kier alpha value is -2.22. The molecular weight excluding hydrogens is 222 g/mol. The highest BCUT2D eigenvalue weighted by Crippen LogP contribution is 2.33. The molecule has 0 saturated heterocycles. The standard InChI is InChI=1S/C12H13NO4/c1-8-9(12(14)16-3)4-5-10(11(8)15-2)17-7-6-13/h4-5H,7H2,1-3H3. The largest absolute Gasteiger partial charge is 0.493 e. The maximum atomic E-state index is 11.5. The van der Waals surface area contributed by atoms with Crippen LogP contribution < -0.4 is 9.47 Å². The molecule has 0 unspecified atom stereocenters. The van der Waals surface area contributed by atoms with Crippen LogP contribution >= 0.6 is 0 Å². The monoisotopic (exact) mass is 235 g/mol. The van der Waals surface area contributed by atoms with Crippen molar-refractivity contribution in [2.24, 2.45) is 0 Å². The van der Waals surface area contributed by atoms with E-state index in [1.165, 1.54) is 14.2 Å². The smallest absolute Gasteiger partial charge is 0.338 e. The van der Waals surface area contributed by atoms with Gasteiger partial charge in [-0.2, -0.15) is 5.26 Å². The summed E-state index contributed by atoms with van der Waals surface area (Å²) in [4.78, 5) is 11.5. The number of hydrogen-bond donors (Lipinski definition) is 0. The van der Waals surface area contributed by atoms with Gasteiger partial charge in [-0.3, -0.25) is 0 Å². The van der Waals surface area contributed by atoms with E-state index in [0.717, 1.165) is 0 Å². The van der Waals surface area contributed by atoms with E-state index < -0.39 is 5.97 Å². The molecule has 1 aromatic rings. The fourth-order valence-electron chi connectivity index (χ4n) is 1.48. The molecule has 17 heavy (non-hydrogen) atoms. The zero-order valence-electron chi connectivity index (χ0n) is 9.94. The van der Waals surface area contributed by atoms with Crippen LogP contribution in [0.15, 0.2) is 12.1 Å². The van der Waals surface area contributed by atoms with Crippen molar-refractivity contribution in [3.05, 3.63) is 23.3 Å². The van der Waals surface area contributed by atoms with Crippen LogP contribution in [0.2, 0.25) is 0 Å². The lowest BCUT2D eigenvalue weighted by Crippen LogP contribution is -2.06. The van der Waals surface area contributed by atoms with Gasteiger partial charge in [-0.1, -0.05) is 0 Å². The quantitative estimate of drug-likeness (QED) is 0.743. The van der Waals surface area contributed by atoms with Gasteiger partial charge >= 0.3 is 5.97 Å². The summed E-state index contributed by atoms with van der Waals surface area (Å²) in [6.07, 6.45) is 0. The van der Waals surface area contributed by atoms with Gasteiger partial charge in [-0.25, -0.2) is 4.79 Å². The van der Waals surface area contributed by atoms with Crippen LogP contribution in [-0.4, -0.2) is 26.8 Å². The molecule has 0 aliphatic heterocycles. The predicted molar refractivity (Wildman–Crippen MR) is 60.2 cm³/mol. The number of ether oxygens (including phenoxy) is 3. The third-order valence-corrected chi connectivity index (χ3v) is 2.27. The Morgan fingerprint density at radius 2 is 2.12 bits per heavy atom. The highest BCUT2D eigenvalue weighted by atomic mass is 16.5. The summed E-state index contributed by atoms with van der Waals surface area (Å²) >= 11 is 0. The lowest BCUT2D eigenvalue weighted by atomic mass is 10.1. The molecule has 0 aromatic heterocycles. The Bertz CT molecular complexity index is 462. The van der Waals surface area contributed by atoms with Crippen molar-refractivity contribution in [1.82, 2.24) is 0 Å². The average Bonchev–Trinajstić information content (AvgIpc) is 2.35. The molecule has 0 aliphatic carbocycles. The van der Waals surface area contributed by atoms with Crippen LogP contribution in [0.4, 0.5) is 0 Å². The minimum absolute atomic E-state index is 0.0760. The average molecular weight is 235 g/mol. The number of hydrogen-bond acceptors (Lipinski definition) is 5. The maximum absolute atomic E-state index is 11.5. The number of carbonyl (C=O) groups excluding carboxylic acids is 1. The van der Waals surface area contributed by atoms with Crippen molar-refractivity contribution in [1.29, 1.82) is 5.26 Å². The molecule has 0 heterocycles. The zero-order chi connectivity index (χ0) is 12.8. The molecule has 0 amide bonds. The van der Waals surface area contributed by atoms with E-state index in [9.17, 15) is 4.79 Å². The first-order chi connectivity index (χ1) is 8.15. The lowest BCUT2D eigenvalue weighted by molar-refractivity contribution is 0.0599. The van der Waals surface area contributed by atoms with Crippen molar-refractivity contribution in [2.45, 2.75) is 6.92 Å². The molecule has 0 bridgehead atoms. The number of rotatable bonds is 4. The first-order valence-electron chi connectivity index (χ1n) is 4.91. The van der Waals surface area contributed by atoms with Gasteiger partial charge < -0.3 is 14.2 Å². The second-order valence-electron chi connectivity index (χ2n) is 3.21. The van der Waals surface area contributed by atoms with Crippen LogP contribution in [0, 0.1) is 18.3 Å². The highest BCUT2D eigenvalue weighted by Gasteiger charge is 2.16. The number of nitriles is 1. The minimum atomic E-state index is -0.437. The molecule has 0 radical (unpaired) electrons. The predicted octanol–water partition coefficient (Wildman–Crippen LogP) is 1.69. The summed E-state index contributed by atoms with van der Waals surface area (Å²) in [7, 11) is 2.79. The van der Waals surface area contributed by atoms with Gasteiger partial charge in [0, 0.05) is 5.56 Å². The van der Waals surface area contributed by atoms with Crippen molar-refractivity contribution < 1.29 is 19.0 Å². The molecule has 0 spiro atoms. The molecule has 0 saturated carbocycles. The Morgan fingerprint density at radius 1 is 1.41 bits per heavy atom. The number of carbonyl (C=O) groups is 1. The topological polar surface area (TPSA) is 68.5 Å². The van der Waals surface area contributed by atoms with Crippen molar-refractivity contribution in [3.63, 3.8) is 0 Å². The summed E-state index contributed by atoms with van der Waals surface area (Å²) in [5, 5.41) is 8.45. The van der Waals surface area contributed by atoms with E-state index in [1.54, 1.807) is 19.1 Å². The third-order valence-electron chi connectivity index (χ3n) is 2.27. The molecule has 0 atom stereocenters. The molecule has 0 N–H and O–H groups in total. The van der Waals surface area contributed by atoms with E-state index in [1.807, 2.05) is 6.07 Å². The fourth-order valence-corrected chi connectivity index (χ4v) is 1.48. The summed E-state index contributed by atoms with van der Waals surface area (Å²) in [5.41, 5.74) is 1.03. The Balaban J connectivity index is 3.18. The highest BCUT2D eigenvalue weighted by molar-refractivity contribution is 5.92. The van der Waals surface area contributed by atoms with Crippen LogP contribution in [0.3, 0.4) is 0 Å². The number of benzene rings is 1. The molecule has 0 fully saturated rings. The Labute approximate surface area is 99.5 Å². The van der Waals surface area contributed by atoms with Crippen molar-refractivity contribution in [3.8, 4) is 17.6 Å². The van der Waals surface area contributed by atoms with Crippen molar-refractivity contribution >= 4 is 5.97 Å². The van der Waals surface area contributed by atoms with E-state index in [-0.39, 0.29) is 6.61 Å². The van der Waals surface area contributed by atoms with E-state index in [4.69, 9.17) is 14.7 Å². The van der Waals surface area contributed by atoms with Gasteiger partial charge in [0.05, 0.1) is 19.8 Å². The molecular formula is C12H13NO4. The number of esters is 1.